The van der Waals surface area contributed by atoms with Crippen LogP contribution in [0.5, 0.6) is 0 Å². The van der Waals surface area contributed by atoms with E-state index in [2.05, 4.69) is 53.7 Å². The third-order valence-electron chi connectivity index (χ3n) is 3.05. The quantitative estimate of drug-likeness (QED) is 0.826. The predicted molar refractivity (Wildman–Crippen MR) is 73.5 cm³/mol. The zero-order valence-corrected chi connectivity index (χ0v) is 12.0. The van der Waals surface area contributed by atoms with E-state index in [1.54, 1.807) is 0 Å². The molecule has 0 fully saturated rings. The van der Waals surface area contributed by atoms with Gasteiger partial charge in [-0.1, -0.05) is 0 Å². The zero-order chi connectivity index (χ0) is 13.0. The van der Waals surface area contributed by atoms with Gasteiger partial charge in [0.1, 0.15) is 0 Å². The first-order valence-electron chi connectivity index (χ1n) is 6.43. The van der Waals surface area contributed by atoms with E-state index in [0.29, 0.717) is 12.1 Å². The molecule has 0 aliphatic rings. The van der Waals surface area contributed by atoms with Gasteiger partial charge in [-0.15, -0.1) is 0 Å². The summed E-state index contributed by atoms with van der Waals surface area (Å²) in [6.45, 7) is 13.1. The van der Waals surface area contributed by atoms with E-state index >= 15 is 0 Å². The van der Waals surface area contributed by atoms with Crippen LogP contribution in [0.3, 0.4) is 0 Å². The fraction of sp³-hybridized carbons (Fsp3) is 0.769. The van der Waals surface area contributed by atoms with Gasteiger partial charge in [-0.25, -0.2) is 4.98 Å². The Bertz CT molecular complexity index is 333. The number of rotatable bonds is 6. The summed E-state index contributed by atoms with van der Waals surface area (Å²) in [5, 5.41) is 3.13. The van der Waals surface area contributed by atoms with Crippen molar-refractivity contribution in [1.29, 1.82) is 0 Å². The lowest BCUT2D eigenvalue weighted by molar-refractivity contribution is 0.168. The molecule has 1 N–H and O–H groups in total. The normalized spacial score (nSPS) is 11.8. The fourth-order valence-electron chi connectivity index (χ4n) is 2.25. The van der Waals surface area contributed by atoms with Crippen molar-refractivity contribution < 1.29 is 0 Å². The van der Waals surface area contributed by atoms with Crippen molar-refractivity contribution in [3.8, 4) is 0 Å². The van der Waals surface area contributed by atoms with Crippen LogP contribution in [-0.2, 0) is 6.54 Å². The van der Waals surface area contributed by atoms with E-state index in [1.165, 1.54) is 0 Å². The van der Waals surface area contributed by atoms with Crippen LogP contribution in [0.25, 0.3) is 0 Å². The van der Waals surface area contributed by atoms with Gasteiger partial charge < -0.3 is 9.88 Å². The molecule has 0 bridgehead atoms. The molecule has 1 aromatic heterocycles. The topological polar surface area (TPSA) is 33.1 Å². The highest BCUT2D eigenvalue weighted by Gasteiger charge is 2.13. The Hall–Kier alpha value is -1.03. The first-order chi connectivity index (χ1) is 7.95. The number of anilines is 1. The molecule has 0 saturated carbocycles. The Morgan fingerprint density at radius 2 is 1.88 bits per heavy atom. The molecule has 0 atom stereocenters. The lowest BCUT2D eigenvalue weighted by Crippen LogP contribution is -2.39. The molecule has 0 radical (unpaired) electrons. The number of nitrogens with one attached hydrogen (secondary N) is 1. The first kappa shape index (κ1) is 14.0. The smallest absolute Gasteiger partial charge is 0.202 e. The molecule has 0 aliphatic carbocycles. The largest absolute Gasteiger partial charge is 0.359 e. The molecule has 0 amide bonds. The third kappa shape index (κ3) is 3.73. The van der Waals surface area contributed by atoms with E-state index < -0.39 is 0 Å². The van der Waals surface area contributed by atoms with Crippen molar-refractivity contribution in [2.75, 3.05) is 18.9 Å². The number of hydrogen-bond donors (Lipinski definition) is 1. The lowest BCUT2D eigenvalue weighted by Gasteiger charge is -2.30. The minimum absolute atomic E-state index is 0.581. The van der Waals surface area contributed by atoms with Crippen molar-refractivity contribution in [2.45, 2.75) is 53.2 Å². The second kappa shape index (κ2) is 6.05. The van der Waals surface area contributed by atoms with Crippen LogP contribution in [0, 0.1) is 6.92 Å². The molecule has 0 unspecified atom stereocenters. The molecule has 1 rings (SSSR count). The number of nitrogens with zero attached hydrogens (tertiary/aromatic N) is 3. The summed E-state index contributed by atoms with van der Waals surface area (Å²) in [7, 11) is 1.92. The molecule has 0 spiro atoms. The maximum absolute atomic E-state index is 4.43. The van der Waals surface area contributed by atoms with Crippen LogP contribution in [0.2, 0.25) is 0 Å². The summed E-state index contributed by atoms with van der Waals surface area (Å²) >= 11 is 0. The summed E-state index contributed by atoms with van der Waals surface area (Å²) in [5.41, 5.74) is 1.06. The maximum atomic E-state index is 4.43. The Balaban J connectivity index is 2.65. The fourth-order valence-corrected chi connectivity index (χ4v) is 2.25. The molecule has 17 heavy (non-hydrogen) atoms. The summed E-state index contributed by atoms with van der Waals surface area (Å²) in [6.07, 6.45) is 2.10. The highest BCUT2D eigenvalue weighted by atomic mass is 15.2. The number of hydrogen-bond acceptors (Lipinski definition) is 3. The third-order valence-corrected chi connectivity index (χ3v) is 3.05. The van der Waals surface area contributed by atoms with E-state index in [0.717, 1.165) is 24.7 Å². The van der Waals surface area contributed by atoms with Gasteiger partial charge >= 0.3 is 0 Å². The van der Waals surface area contributed by atoms with Gasteiger partial charge in [0, 0.05) is 38.4 Å². The Morgan fingerprint density at radius 3 is 2.35 bits per heavy atom. The van der Waals surface area contributed by atoms with Crippen LogP contribution in [0.15, 0.2) is 6.20 Å². The second-order valence-electron chi connectivity index (χ2n) is 5.07. The average Bonchev–Trinajstić information content (AvgIpc) is 2.58. The van der Waals surface area contributed by atoms with Gasteiger partial charge in [0.05, 0.1) is 5.69 Å². The van der Waals surface area contributed by atoms with Crippen LogP contribution in [0.1, 0.15) is 33.4 Å². The van der Waals surface area contributed by atoms with E-state index in [1.807, 2.05) is 14.0 Å². The summed E-state index contributed by atoms with van der Waals surface area (Å²) in [5.74, 6) is 0.954. The van der Waals surface area contributed by atoms with Crippen molar-refractivity contribution in [1.82, 2.24) is 14.5 Å². The van der Waals surface area contributed by atoms with Crippen LogP contribution in [-0.4, -0.2) is 40.1 Å². The van der Waals surface area contributed by atoms with Gasteiger partial charge in [0.25, 0.3) is 0 Å². The molecule has 1 heterocycles. The number of aromatic nitrogens is 2. The average molecular weight is 238 g/mol. The van der Waals surface area contributed by atoms with Crippen LogP contribution >= 0.6 is 0 Å². The highest BCUT2D eigenvalue weighted by Crippen LogP contribution is 2.10. The molecule has 0 aliphatic heterocycles. The van der Waals surface area contributed by atoms with E-state index in [-0.39, 0.29) is 0 Å². The lowest BCUT2D eigenvalue weighted by atomic mass is 10.2. The number of aryl methyl sites for hydroxylation is 1. The van der Waals surface area contributed by atoms with E-state index in [4.69, 9.17) is 0 Å². The van der Waals surface area contributed by atoms with Gasteiger partial charge in [0.2, 0.25) is 5.95 Å². The van der Waals surface area contributed by atoms with Crippen molar-refractivity contribution in [2.24, 2.45) is 0 Å². The zero-order valence-electron chi connectivity index (χ0n) is 12.0. The summed E-state index contributed by atoms with van der Waals surface area (Å²) in [6, 6.07) is 1.16. The van der Waals surface area contributed by atoms with Gasteiger partial charge in [-0.05, 0) is 34.6 Å². The predicted octanol–water partition coefficient (Wildman–Crippen LogP) is 2.35. The van der Waals surface area contributed by atoms with E-state index in [9.17, 15) is 0 Å². The van der Waals surface area contributed by atoms with Gasteiger partial charge in [0.15, 0.2) is 0 Å². The standard InChI is InChI=1S/C13H26N4/c1-10(2)17(11(3)4)8-7-16-9-12(5)15-13(16)14-6/h9-11H,7-8H2,1-6H3,(H,14,15). The van der Waals surface area contributed by atoms with Gasteiger partial charge in [-0.2, -0.15) is 0 Å². The molecule has 98 valence electrons. The molecule has 4 nitrogen and oxygen atoms in total. The SMILES string of the molecule is CNc1nc(C)cn1CCN(C(C)C)C(C)C. The Morgan fingerprint density at radius 1 is 1.29 bits per heavy atom. The molecule has 0 saturated heterocycles. The molecule has 0 aromatic carbocycles. The minimum atomic E-state index is 0.581. The Kier molecular flexibility index (Phi) is 5.00. The Labute approximate surface area is 105 Å². The molecule has 1 aromatic rings. The monoisotopic (exact) mass is 238 g/mol. The molecular formula is C13H26N4. The summed E-state index contributed by atoms with van der Waals surface area (Å²) in [4.78, 5) is 6.92. The minimum Gasteiger partial charge on any atom is -0.359 e. The number of imidazole rings is 1. The highest BCUT2D eigenvalue weighted by molar-refractivity contribution is 5.27. The molecule has 4 heteroatoms. The first-order valence-corrected chi connectivity index (χ1v) is 6.43. The van der Waals surface area contributed by atoms with Crippen LogP contribution in [0.4, 0.5) is 5.95 Å². The van der Waals surface area contributed by atoms with Crippen molar-refractivity contribution in [3.05, 3.63) is 11.9 Å². The van der Waals surface area contributed by atoms with Crippen molar-refractivity contribution in [3.63, 3.8) is 0 Å². The second-order valence-corrected chi connectivity index (χ2v) is 5.07. The van der Waals surface area contributed by atoms with Gasteiger partial charge in [-0.3, -0.25) is 4.90 Å². The van der Waals surface area contributed by atoms with Crippen LogP contribution < -0.4 is 5.32 Å². The maximum Gasteiger partial charge on any atom is 0.202 e. The molecular weight excluding hydrogens is 212 g/mol. The summed E-state index contributed by atoms with van der Waals surface area (Å²) < 4.78 is 2.19. The van der Waals surface area contributed by atoms with Crippen molar-refractivity contribution >= 4 is 5.95 Å².